The van der Waals surface area contributed by atoms with Crippen molar-refractivity contribution in [3.8, 4) is 11.5 Å². The number of ether oxygens (including phenoxy) is 2. The molecule has 4 nitrogen and oxygen atoms in total. The molecule has 0 radical (unpaired) electrons. The van der Waals surface area contributed by atoms with E-state index in [4.69, 9.17) is 13.9 Å². The van der Waals surface area contributed by atoms with E-state index in [0.717, 1.165) is 35.9 Å². The molecule has 2 rings (SSSR count). The predicted molar refractivity (Wildman–Crippen MR) is 78.0 cm³/mol. The quantitative estimate of drug-likeness (QED) is 0.802. The van der Waals surface area contributed by atoms with Gasteiger partial charge in [-0.2, -0.15) is 0 Å². The van der Waals surface area contributed by atoms with Gasteiger partial charge >= 0.3 is 0 Å². The highest BCUT2D eigenvalue weighted by Gasteiger charge is 2.09. The second-order valence-electron chi connectivity index (χ2n) is 4.32. The average molecular weight is 275 g/mol. The molecule has 0 aliphatic rings. The van der Waals surface area contributed by atoms with Crippen molar-refractivity contribution in [2.24, 2.45) is 0 Å². The first-order valence-corrected chi connectivity index (χ1v) is 6.95. The fourth-order valence-corrected chi connectivity index (χ4v) is 1.89. The first kappa shape index (κ1) is 14.5. The second kappa shape index (κ2) is 7.60. The van der Waals surface area contributed by atoms with Gasteiger partial charge in [0.15, 0.2) is 11.5 Å². The monoisotopic (exact) mass is 275 g/mol. The SMILES string of the molecule is CCNCc1occc1COc1ccccc1OCC. The van der Waals surface area contributed by atoms with Crippen molar-refractivity contribution in [3.63, 3.8) is 0 Å². The Morgan fingerprint density at radius 1 is 1.05 bits per heavy atom. The molecule has 108 valence electrons. The van der Waals surface area contributed by atoms with Crippen LogP contribution < -0.4 is 14.8 Å². The van der Waals surface area contributed by atoms with E-state index in [0.29, 0.717) is 13.2 Å². The Labute approximate surface area is 119 Å². The molecule has 1 aromatic carbocycles. The summed E-state index contributed by atoms with van der Waals surface area (Å²) in [5.41, 5.74) is 1.05. The van der Waals surface area contributed by atoms with Gasteiger partial charge in [-0.3, -0.25) is 0 Å². The molecule has 0 saturated heterocycles. The van der Waals surface area contributed by atoms with Crippen LogP contribution in [0.4, 0.5) is 0 Å². The Morgan fingerprint density at radius 2 is 1.80 bits per heavy atom. The Balaban J connectivity index is 2.00. The summed E-state index contributed by atoms with van der Waals surface area (Å²) in [4.78, 5) is 0. The number of furan rings is 1. The number of nitrogens with one attached hydrogen (secondary N) is 1. The largest absolute Gasteiger partial charge is 0.490 e. The molecule has 1 heterocycles. The highest BCUT2D eigenvalue weighted by Crippen LogP contribution is 2.27. The molecule has 1 aromatic heterocycles. The summed E-state index contributed by atoms with van der Waals surface area (Å²) in [6.45, 7) is 6.75. The zero-order chi connectivity index (χ0) is 14.2. The van der Waals surface area contributed by atoms with E-state index in [1.807, 2.05) is 37.3 Å². The van der Waals surface area contributed by atoms with Gasteiger partial charge in [-0.1, -0.05) is 19.1 Å². The van der Waals surface area contributed by atoms with E-state index in [-0.39, 0.29) is 0 Å². The summed E-state index contributed by atoms with van der Waals surface area (Å²) >= 11 is 0. The molecule has 0 saturated carbocycles. The van der Waals surface area contributed by atoms with Gasteiger partial charge in [-0.05, 0) is 31.7 Å². The third kappa shape index (κ3) is 3.78. The Hall–Kier alpha value is -1.94. The molecule has 20 heavy (non-hydrogen) atoms. The lowest BCUT2D eigenvalue weighted by molar-refractivity contribution is 0.267. The van der Waals surface area contributed by atoms with Crippen molar-refractivity contribution in [2.45, 2.75) is 27.0 Å². The summed E-state index contributed by atoms with van der Waals surface area (Å²) in [5.74, 6) is 2.44. The topological polar surface area (TPSA) is 43.6 Å². The Morgan fingerprint density at radius 3 is 2.50 bits per heavy atom. The van der Waals surface area contributed by atoms with Crippen LogP contribution in [0.3, 0.4) is 0 Å². The Bertz CT molecular complexity index is 522. The lowest BCUT2D eigenvalue weighted by atomic mass is 10.2. The zero-order valence-corrected chi connectivity index (χ0v) is 12.0. The molecular formula is C16H21NO3. The molecule has 0 aliphatic heterocycles. The van der Waals surface area contributed by atoms with E-state index >= 15 is 0 Å². The minimum absolute atomic E-state index is 0.474. The minimum Gasteiger partial charge on any atom is -0.490 e. The maximum atomic E-state index is 5.84. The molecular weight excluding hydrogens is 254 g/mol. The number of rotatable bonds is 8. The first-order valence-electron chi connectivity index (χ1n) is 6.95. The number of hydrogen-bond acceptors (Lipinski definition) is 4. The van der Waals surface area contributed by atoms with Gasteiger partial charge in [0.1, 0.15) is 12.4 Å². The molecule has 0 amide bonds. The van der Waals surface area contributed by atoms with E-state index < -0.39 is 0 Å². The lowest BCUT2D eigenvalue weighted by Gasteiger charge is -2.11. The van der Waals surface area contributed by atoms with Gasteiger partial charge in [0, 0.05) is 5.56 Å². The van der Waals surface area contributed by atoms with Crippen LogP contribution in [-0.4, -0.2) is 13.2 Å². The summed E-state index contributed by atoms with van der Waals surface area (Å²) in [7, 11) is 0. The van der Waals surface area contributed by atoms with Crippen molar-refractivity contribution in [2.75, 3.05) is 13.2 Å². The van der Waals surface area contributed by atoms with Gasteiger partial charge in [0.2, 0.25) is 0 Å². The maximum Gasteiger partial charge on any atom is 0.161 e. The summed E-state index contributed by atoms with van der Waals surface area (Å²) < 4.78 is 16.8. The fraction of sp³-hybridized carbons (Fsp3) is 0.375. The highest BCUT2D eigenvalue weighted by molar-refractivity contribution is 5.39. The van der Waals surface area contributed by atoms with Gasteiger partial charge in [0.25, 0.3) is 0 Å². The molecule has 0 fully saturated rings. The number of benzene rings is 1. The molecule has 0 aliphatic carbocycles. The number of hydrogen-bond donors (Lipinski definition) is 1. The third-order valence-corrected chi connectivity index (χ3v) is 2.91. The van der Waals surface area contributed by atoms with Crippen molar-refractivity contribution in [1.29, 1.82) is 0 Å². The van der Waals surface area contributed by atoms with Crippen LogP contribution in [-0.2, 0) is 13.2 Å². The lowest BCUT2D eigenvalue weighted by Crippen LogP contribution is -2.12. The molecule has 0 bridgehead atoms. The van der Waals surface area contributed by atoms with Crippen LogP contribution in [0, 0.1) is 0 Å². The van der Waals surface area contributed by atoms with Crippen LogP contribution in [0.5, 0.6) is 11.5 Å². The molecule has 0 spiro atoms. The molecule has 0 unspecified atom stereocenters. The summed E-state index contributed by atoms with van der Waals surface area (Å²) in [6.07, 6.45) is 1.69. The van der Waals surface area contributed by atoms with E-state index in [2.05, 4.69) is 12.2 Å². The van der Waals surface area contributed by atoms with Crippen molar-refractivity contribution >= 4 is 0 Å². The third-order valence-electron chi connectivity index (χ3n) is 2.91. The molecule has 1 N–H and O–H groups in total. The molecule has 2 aromatic rings. The number of para-hydroxylation sites is 2. The molecule has 4 heteroatoms. The second-order valence-corrected chi connectivity index (χ2v) is 4.32. The van der Waals surface area contributed by atoms with E-state index in [9.17, 15) is 0 Å². The standard InChI is InChI=1S/C16H21NO3/c1-3-17-11-16-13(9-10-19-16)12-20-15-8-6-5-7-14(15)18-4-2/h5-10,17H,3-4,11-12H2,1-2H3. The van der Waals surface area contributed by atoms with Crippen LogP contribution in [0.15, 0.2) is 41.0 Å². The summed E-state index contributed by atoms with van der Waals surface area (Å²) in [5, 5.41) is 3.25. The van der Waals surface area contributed by atoms with E-state index in [1.54, 1.807) is 6.26 Å². The van der Waals surface area contributed by atoms with Crippen LogP contribution >= 0.6 is 0 Å². The summed E-state index contributed by atoms with van der Waals surface area (Å²) in [6, 6.07) is 9.64. The first-order chi connectivity index (χ1) is 9.85. The van der Waals surface area contributed by atoms with E-state index in [1.165, 1.54) is 0 Å². The highest BCUT2D eigenvalue weighted by atomic mass is 16.5. The van der Waals surface area contributed by atoms with Crippen molar-refractivity contribution < 1.29 is 13.9 Å². The fourth-order valence-electron chi connectivity index (χ4n) is 1.89. The average Bonchev–Trinajstić information content (AvgIpc) is 2.92. The van der Waals surface area contributed by atoms with Crippen molar-refractivity contribution in [3.05, 3.63) is 47.9 Å². The molecule has 0 atom stereocenters. The zero-order valence-electron chi connectivity index (χ0n) is 12.0. The maximum absolute atomic E-state index is 5.84. The van der Waals surface area contributed by atoms with Crippen LogP contribution in [0.1, 0.15) is 25.2 Å². The minimum atomic E-state index is 0.474. The van der Waals surface area contributed by atoms with Gasteiger partial charge in [-0.15, -0.1) is 0 Å². The van der Waals surface area contributed by atoms with Gasteiger partial charge in [-0.25, -0.2) is 0 Å². The van der Waals surface area contributed by atoms with Gasteiger partial charge in [0.05, 0.1) is 19.4 Å². The normalized spacial score (nSPS) is 10.5. The Kier molecular flexibility index (Phi) is 5.50. The van der Waals surface area contributed by atoms with Gasteiger partial charge < -0.3 is 19.2 Å². The van der Waals surface area contributed by atoms with Crippen LogP contribution in [0.25, 0.3) is 0 Å². The predicted octanol–water partition coefficient (Wildman–Crippen LogP) is 3.37. The van der Waals surface area contributed by atoms with Crippen LogP contribution in [0.2, 0.25) is 0 Å². The van der Waals surface area contributed by atoms with Crippen molar-refractivity contribution in [1.82, 2.24) is 5.32 Å². The smallest absolute Gasteiger partial charge is 0.161 e.